The molecule has 5 rings (SSSR count). The molecule has 152 valence electrons. The first kappa shape index (κ1) is 18.2. The van der Waals surface area contributed by atoms with Crippen molar-refractivity contribution in [3.05, 3.63) is 42.5 Å². The van der Waals surface area contributed by atoms with Crippen LogP contribution < -0.4 is 10.2 Å². The molecular weight excluding hydrogens is 368 g/mol. The highest BCUT2D eigenvalue weighted by molar-refractivity contribution is 5.80. The number of hydrogen-bond acceptors (Lipinski definition) is 6. The fourth-order valence-corrected chi connectivity index (χ4v) is 4.44. The van der Waals surface area contributed by atoms with E-state index in [4.69, 9.17) is 4.42 Å². The standard InChI is InChI=1S/C21H26N6O2/c1-25-12-9-23-19(25)17-14-22-8-13-27(17)20(28)15-6-10-26(11-7-15)21-24-16-4-2-3-5-18(16)29-21/h2-5,9,12,15,17,22H,6-8,10-11,13-14H2,1H3. The maximum atomic E-state index is 13.4. The average molecular weight is 394 g/mol. The minimum absolute atomic E-state index is 0.00804. The molecule has 2 aliphatic heterocycles. The van der Waals surface area contributed by atoms with Gasteiger partial charge in [0.25, 0.3) is 6.01 Å². The summed E-state index contributed by atoms with van der Waals surface area (Å²) in [5.74, 6) is 1.22. The number of hydrogen-bond donors (Lipinski definition) is 1. The molecule has 1 N–H and O–H groups in total. The van der Waals surface area contributed by atoms with Crippen molar-refractivity contribution in [2.75, 3.05) is 37.6 Å². The minimum Gasteiger partial charge on any atom is -0.423 e. The van der Waals surface area contributed by atoms with Gasteiger partial charge in [-0.15, -0.1) is 0 Å². The van der Waals surface area contributed by atoms with Crippen LogP contribution in [0.25, 0.3) is 11.1 Å². The summed E-state index contributed by atoms with van der Waals surface area (Å²) in [6.07, 6.45) is 5.36. The molecule has 0 radical (unpaired) electrons. The summed E-state index contributed by atoms with van der Waals surface area (Å²) in [6.45, 7) is 3.86. The minimum atomic E-state index is -0.00804. The number of carbonyl (C=O) groups excluding carboxylic acids is 1. The summed E-state index contributed by atoms with van der Waals surface area (Å²) in [7, 11) is 1.98. The Hall–Kier alpha value is -2.87. The van der Waals surface area contributed by atoms with Gasteiger partial charge in [0.05, 0.1) is 0 Å². The van der Waals surface area contributed by atoms with Crippen molar-refractivity contribution in [2.45, 2.75) is 18.9 Å². The number of carbonyl (C=O) groups is 1. The smallest absolute Gasteiger partial charge is 0.298 e. The molecule has 2 saturated heterocycles. The predicted molar refractivity (Wildman–Crippen MR) is 109 cm³/mol. The van der Waals surface area contributed by atoms with Crippen molar-refractivity contribution >= 4 is 23.0 Å². The summed E-state index contributed by atoms with van der Waals surface area (Å²) in [4.78, 5) is 26.6. The van der Waals surface area contributed by atoms with Gasteiger partial charge in [0.1, 0.15) is 17.4 Å². The van der Waals surface area contributed by atoms with E-state index in [0.717, 1.165) is 62.5 Å². The van der Waals surface area contributed by atoms with Crippen LogP contribution in [0.1, 0.15) is 24.7 Å². The van der Waals surface area contributed by atoms with E-state index in [9.17, 15) is 4.79 Å². The van der Waals surface area contributed by atoms with Crippen molar-refractivity contribution < 1.29 is 9.21 Å². The van der Waals surface area contributed by atoms with Gasteiger partial charge in [0.15, 0.2) is 5.58 Å². The third-order valence-electron chi connectivity index (χ3n) is 6.08. The van der Waals surface area contributed by atoms with E-state index >= 15 is 0 Å². The zero-order chi connectivity index (χ0) is 19.8. The second-order valence-electron chi connectivity index (χ2n) is 7.87. The Morgan fingerprint density at radius 2 is 2.03 bits per heavy atom. The van der Waals surface area contributed by atoms with Gasteiger partial charge in [-0.2, -0.15) is 4.98 Å². The Bertz CT molecular complexity index is 970. The number of piperidine rings is 1. The normalized spacial score (nSPS) is 21.1. The van der Waals surface area contributed by atoms with E-state index in [-0.39, 0.29) is 17.9 Å². The molecular formula is C21H26N6O2. The molecule has 2 aromatic heterocycles. The Balaban J connectivity index is 1.27. The maximum Gasteiger partial charge on any atom is 0.298 e. The summed E-state index contributed by atoms with van der Waals surface area (Å²) >= 11 is 0. The zero-order valence-corrected chi connectivity index (χ0v) is 16.6. The van der Waals surface area contributed by atoms with E-state index in [1.165, 1.54) is 0 Å². The Labute approximate surface area is 169 Å². The highest BCUT2D eigenvalue weighted by Crippen LogP contribution is 2.29. The molecule has 1 unspecified atom stereocenters. The molecule has 4 heterocycles. The number of imidazole rings is 1. The van der Waals surface area contributed by atoms with Crippen molar-refractivity contribution in [2.24, 2.45) is 13.0 Å². The number of amides is 1. The first-order valence-electron chi connectivity index (χ1n) is 10.3. The number of aromatic nitrogens is 3. The van der Waals surface area contributed by atoms with E-state index in [1.54, 1.807) is 6.20 Å². The van der Waals surface area contributed by atoms with Gasteiger partial charge < -0.3 is 24.1 Å². The first-order valence-corrected chi connectivity index (χ1v) is 10.3. The van der Waals surface area contributed by atoms with E-state index in [0.29, 0.717) is 6.01 Å². The third-order valence-corrected chi connectivity index (χ3v) is 6.08. The van der Waals surface area contributed by atoms with Gasteiger partial charge in [-0.3, -0.25) is 4.79 Å². The molecule has 1 amide bonds. The molecule has 0 bridgehead atoms. The largest absolute Gasteiger partial charge is 0.423 e. The highest BCUT2D eigenvalue weighted by Gasteiger charge is 2.36. The zero-order valence-electron chi connectivity index (χ0n) is 16.6. The van der Waals surface area contributed by atoms with Gasteiger partial charge in [-0.25, -0.2) is 4.98 Å². The van der Waals surface area contributed by atoms with E-state index in [2.05, 4.69) is 20.2 Å². The fourth-order valence-electron chi connectivity index (χ4n) is 4.44. The lowest BCUT2D eigenvalue weighted by molar-refractivity contribution is -0.140. The van der Waals surface area contributed by atoms with Gasteiger partial charge >= 0.3 is 0 Å². The number of anilines is 1. The molecule has 0 spiro atoms. The number of aryl methyl sites for hydroxylation is 1. The quantitative estimate of drug-likeness (QED) is 0.732. The van der Waals surface area contributed by atoms with Crippen LogP contribution >= 0.6 is 0 Å². The lowest BCUT2D eigenvalue weighted by Gasteiger charge is -2.39. The number of rotatable bonds is 3. The van der Waals surface area contributed by atoms with Crippen LogP contribution in [0.5, 0.6) is 0 Å². The molecule has 8 nitrogen and oxygen atoms in total. The summed E-state index contributed by atoms with van der Waals surface area (Å²) < 4.78 is 7.91. The monoisotopic (exact) mass is 394 g/mol. The molecule has 0 aliphatic carbocycles. The van der Waals surface area contributed by atoms with Crippen molar-refractivity contribution in [1.82, 2.24) is 24.8 Å². The van der Waals surface area contributed by atoms with Crippen LogP contribution in [0.2, 0.25) is 0 Å². The lowest BCUT2D eigenvalue weighted by Crippen LogP contribution is -2.52. The van der Waals surface area contributed by atoms with Gasteiger partial charge in [0.2, 0.25) is 5.91 Å². The molecule has 1 aromatic carbocycles. The number of nitrogens with one attached hydrogen (secondary N) is 1. The number of para-hydroxylation sites is 2. The highest BCUT2D eigenvalue weighted by atomic mass is 16.4. The number of benzene rings is 1. The fraction of sp³-hybridized carbons (Fsp3) is 0.476. The van der Waals surface area contributed by atoms with Crippen molar-refractivity contribution in [3.8, 4) is 0 Å². The topological polar surface area (TPSA) is 79.4 Å². The maximum absolute atomic E-state index is 13.4. The summed E-state index contributed by atoms with van der Waals surface area (Å²) in [5, 5.41) is 3.40. The second kappa shape index (κ2) is 7.51. The number of fused-ring (bicyclic) bond motifs is 1. The lowest BCUT2D eigenvalue weighted by atomic mass is 9.94. The first-order chi connectivity index (χ1) is 14.2. The van der Waals surface area contributed by atoms with Crippen LogP contribution in [-0.2, 0) is 11.8 Å². The SMILES string of the molecule is Cn1ccnc1C1CNCCN1C(=O)C1CCN(c2nc3ccccc3o2)CC1. The van der Waals surface area contributed by atoms with Crippen molar-refractivity contribution in [1.29, 1.82) is 0 Å². The summed E-state index contributed by atoms with van der Waals surface area (Å²) in [5.41, 5.74) is 1.68. The Morgan fingerprint density at radius 1 is 1.21 bits per heavy atom. The molecule has 29 heavy (non-hydrogen) atoms. The van der Waals surface area contributed by atoms with Crippen LogP contribution in [0, 0.1) is 5.92 Å². The van der Waals surface area contributed by atoms with Crippen LogP contribution in [0.4, 0.5) is 6.01 Å². The average Bonchev–Trinajstić information content (AvgIpc) is 3.39. The van der Waals surface area contributed by atoms with Gasteiger partial charge in [-0.1, -0.05) is 12.1 Å². The third kappa shape index (κ3) is 3.37. The predicted octanol–water partition coefficient (Wildman–Crippen LogP) is 1.95. The summed E-state index contributed by atoms with van der Waals surface area (Å²) in [6, 6.07) is 8.46. The number of piperazine rings is 1. The Kier molecular flexibility index (Phi) is 4.71. The Morgan fingerprint density at radius 3 is 2.79 bits per heavy atom. The van der Waals surface area contributed by atoms with E-state index in [1.807, 2.05) is 47.0 Å². The van der Waals surface area contributed by atoms with Crippen LogP contribution in [0.3, 0.4) is 0 Å². The number of oxazole rings is 1. The van der Waals surface area contributed by atoms with Gasteiger partial charge in [0, 0.05) is 58.1 Å². The molecule has 0 saturated carbocycles. The molecule has 8 heteroatoms. The number of nitrogens with zero attached hydrogens (tertiary/aromatic N) is 5. The van der Waals surface area contributed by atoms with Crippen molar-refractivity contribution in [3.63, 3.8) is 0 Å². The molecule has 1 atom stereocenters. The second-order valence-corrected chi connectivity index (χ2v) is 7.87. The molecule has 3 aromatic rings. The van der Waals surface area contributed by atoms with Crippen LogP contribution in [-0.4, -0.2) is 58.1 Å². The van der Waals surface area contributed by atoms with Crippen LogP contribution in [0.15, 0.2) is 41.1 Å². The molecule has 2 aliphatic rings. The van der Waals surface area contributed by atoms with Gasteiger partial charge in [-0.05, 0) is 25.0 Å². The molecule has 2 fully saturated rings. The van der Waals surface area contributed by atoms with E-state index < -0.39 is 0 Å².